The molecule has 0 saturated carbocycles. The number of esters is 1. The van der Waals surface area contributed by atoms with Crippen LogP contribution in [0.3, 0.4) is 0 Å². The number of hydrogen-bond acceptors (Lipinski definition) is 7. The fourth-order valence-electron chi connectivity index (χ4n) is 2.97. The van der Waals surface area contributed by atoms with Gasteiger partial charge >= 0.3 is 17.8 Å². The highest BCUT2D eigenvalue weighted by atomic mass is 35.5. The average molecular weight is 544 g/mol. The Bertz CT molecular complexity index is 1310. The number of anilines is 1. The van der Waals surface area contributed by atoms with Crippen molar-refractivity contribution < 1.29 is 28.6 Å². The summed E-state index contributed by atoms with van der Waals surface area (Å²) in [7, 11) is 0. The van der Waals surface area contributed by atoms with Crippen molar-refractivity contribution in [3.8, 4) is 17.2 Å². The van der Waals surface area contributed by atoms with Gasteiger partial charge in [0.1, 0.15) is 5.75 Å². The zero-order valence-electron chi connectivity index (χ0n) is 19.9. The highest BCUT2D eigenvalue weighted by molar-refractivity contribution is 6.39. The van der Waals surface area contributed by atoms with Crippen LogP contribution < -0.4 is 25.0 Å². The maximum Gasteiger partial charge on any atom is 0.345 e. The minimum atomic E-state index is -0.958. The molecule has 0 unspecified atom stereocenters. The van der Waals surface area contributed by atoms with Crippen LogP contribution in [0, 0.1) is 0 Å². The number of benzene rings is 3. The van der Waals surface area contributed by atoms with Crippen LogP contribution >= 0.6 is 23.2 Å². The van der Waals surface area contributed by atoms with Crippen LogP contribution in [0.4, 0.5) is 5.69 Å². The van der Waals surface area contributed by atoms with Gasteiger partial charge in [-0.2, -0.15) is 5.10 Å². The Hall–Kier alpha value is -4.08. The lowest BCUT2D eigenvalue weighted by Crippen LogP contribution is -2.32. The summed E-state index contributed by atoms with van der Waals surface area (Å²) < 4.78 is 16.3. The molecule has 0 radical (unpaired) electrons. The molecule has 0 bridgehead atoms. The van der Waals surface area contributed by atoms with E-state index in [9.17, 15) is 14.4 Å². The van der Waals surface area contributed by atoms with Crippen molar-refractivity contribution in [3.05, 3.63) is 81.8 Å². The van der Waals surface area contributed by atoms with E-state index in [1.807, 2.05) is 6.92 Å². The van der Waals surface area contributed by atoms with E-state index in [-0.39, 0.29) is 22.1 Å². The van der Waals surface area contributed by atoms with Gasteiger partial charge in [0.2, 0.25) is 0 Å². The summed E-state index contributed by atoms with van der Waals surface area (Å²) in [4.78, 5) is 36.7. The molecule has 192 valence electrons. The van der Waals surface area contributed by atoms with Gasteiger partial charge in [0.15, 0.2) is 11.5 Å². The number of amides is 2. The Morgan fingerprint density at radius 1 is 0.865 bits per heavy atom. The number of ether oxygens (including phenoxy) is 3. The topological polar surface area (TPSA) is 115 Å². The molecule has 0 saturated heterocycles. The summed E-state index contributed by atoms with van der Waals surface area (Å²) in [5, 5.41) is 6.81. The molecule has 3 aromatic rings. The molecule has 0 fully saturated rings. The van der Waals surface area contributed by atoms with Gasteiger partial charge in [0, 0.05) is 10.7 Å². The maximum atomic E-state index is 12.6. The molecule has 37 heavy (non-hydrogen) atoms. The van der Waals surface area contributed by atoms with Gasteiger partial charge < -0.3 is 19.5 Å². The Morgan fingerprint density at radius 3 is 2.27 bits per heavy atom. The van der Waals surface area contributed by atoms with Crippen molar-refractivity contribution in [3.63, 3.8) is 0 Å². The Morgan fingerprint density at radius 2 is 1.59 bits per heavy atom. The van der Waals surface area contributed by atoms with E-state index in [0.29, 0.717) is 35.2 Å². The molecular formula is C26H23Cl2N3O6. The van der Waals surface area contributed by atoms with Gasteiger partial charge in [0.05, 0.1) is 30.0 Å². The molecule has 0 aliphatic carbocycles. The Labute approximate surface area is 223 Å². The highest BCUT2D eigenvalue weighted by Crippen LogP contribution is 2.30. The lowest BCUT2D eigenvalue weighted by atomic mass is 10.2. The summed E-state index contributed by atoms with van der Waals surface area (Å²) in [5.74, 6) is -1.45. The molecule has 0 aromatic heterocycles. The van der Waals surface area contributed by atoms with E-state index in [2.05, 4.69) is 15.8 Å². The van der Waals surface area contributed by atoms with Crippen LogP contribution in [-0.2, 0) is 9.59 Å². The molecule has 0 aliphatic heterocycles. The van der Waals surface area contributed by atoms with Gasteiger partial charge in [-0.15, -0.1) is 0 Å². The monoisotopic (exact) mass is 543 g/mol. The second-order valence-electron chi connectivity index (χ2n) is 7.26. The zero-order chi connectivity index (χ0) is 26.8. The molecular weight excluding hydrogens is 521 g/mol. The molecule has 0 spiro atoms. The van der Waals surface area contributed by atoms with E-state index in [4.69, 9.17) is 37.4 Å². The predicted molar refractivity (Wildman–Crippen MR) is 141 cm³/mol. The Kier molecular flexibility index (Phi) is 9.88. The summed E-state index contributed by atoms with van der Waals surface area (Å²) in [6.07, 6.45) is 1.31. The fourth-order valence-corrected chi connectivity index (χ4v) is 3.46. The smallest absolute Gasteiger partial charge is 0.345 e. The van der Waals surface area contributed by atoms with Crippen molar-refractivity contribution in [2.75, 3.05) is 18.5 Å². The van der Waals surface area contributed by atoms with Crippen LogP contribution in [0.1, 0.15) is 29.8 Å². The normalized spacial score (nSPS) is 10.6. The first-order valence-corrected chi connectivity index (χ1v) is 11.9. The number of hydrogen-bond donors (Lipinski definition) is 2. The summed E-state index contributed by atoms with van der Waals surface area (Å²) in [6, 6.07) is 15.7. The molecule has 2 N–H and O–H groups in total. The second-order valence-corrected chi connectivity index (χ2v) is 8.11. The first-order chi connectivity index (χ1) is 17.8. The number of hydrazone groups is 1. The van der Waals surface area contributed by atoms with E-state index in [1.54, 1.807) is 43.3 Å². The third kappa shape index (κ3) is 7.96. The lowest BCUT2D eigenvalue weighted by Gasteiger charge is -2.12. The molecule has 0 atom stereocenters. The third-order valence-corrected chi connectivity index (χ3v) is 5.18. The van der Waals surface area contributed by atoms with Crippen LogP contribution in [0.25, 0.3) is 0 Å². The minimum absolute atomic E-state index is 0.144. The number of halogens is 2. The predicted octanol–water partition coefficient (Wildman–Crippen LogP) is 5.10. The first-order valence-electron chi connectivity index (χ1n) is 11.1. The van der Waals surface area contributed by atoms with Crippen LogP contribution in [0.2, 0.25) is 10.0 Å². The molecule has 3 aromatic carbocycles. The van der Waals surface area contributed by atoms with Crippen LogP contribution in [-0.4, -0.2) is 37.2 Å². The molecule has 3 rings (SSSR count). The van der Waals surface area contributed by atoms with E-state index in [1.165, 1.54) is 30.5 Å². The van der Waals surface area contributed by atoms with Crippen molar-refractivity contribution in [1.82, 2.24) is 5.43 Å². The van der Waals surface area contributed by atoms with Gasteiger partial charge in [-0.05, 0) is 80.1 Å². The summed E-state index contributed by atoms with van der Waals surface area (Å²) >= 11 is 12.0. The number of carbonyl (C=O) groups excluding carboxylic acids is 3. The SMILES string of the molecule is CCOc1ccc(NC(=O)C(=O)NN=Cc2ccc(OC(=O)c3ccc(Cl)cc3Cl)c(OCC)c2)cc1. The summed E-state index contributed by atoms with van der Waals surface area (Å²) in [6.45, 7) is 4.45. The summed E-state index contributed by atoms with van der Waals surface area (Å²) in [5.41, 5.74) is 3.24. The average Bonchev–Trinajstić information content (AvgIpc) is 2.86. The van der Waals surface area contributed by atoms with Crippen LogP contribution in [0.5, 0.6) is 17.2 Å². The molecule has 11 heteroatoms. The number of rotatable bonds is 9. The van der Waals surface area contributed by atoms with E-state index >= 15 is 0 Å². The molecule has 0 heterocycles. The zero-order valence-corrected chi connectivity index (χ0v) is 21.4. The van der Waals surface area contributed by atoms with Gasteiger partial charge in [0.25, 0.3) is 0 Å². The van der Waals surface area contributed by atoms with Gasteiger partial charge in [-0.3, -0.25) is 9.59 Å². The van der Waals surface area contributed by atoms with Crippen molar-refractivity contribution in [1.29, 1.82) is 0 Å². The molecule has 2 amide bonds. The van der Waals surface area contributed by atoms with Crippen molar-refractivity contribution in [2.45, 2.75) is 13.8 Å². The quantitative estimate of drug-likeness (QED) is 0.127. The maximum absolute atomic E-state index is 12.6. The highest BCUT2D eigenvalue weighted by Gasteiger charge is 2.17. The first kappa shape index (κ1) is 27.5. The largest absolute Gasteiger partial charge is 0.494 e. The van der Waals surface area contributed by atoms with Crippen LogP contribution in [0.15, 0.2) is 65.8 Å². The van der Waals surface area contributed by atoms with Crippen molar-refractivity contribution in [2.24, 2.45) is 5.10 Å². The fraction of sp³-hybridized carbons (Fsp3) is 0.154. The standard InChI is InChI=1S/C26H23Cl2N3O6/c1-3-35-19-9-7-18(8-10-19)30-24(32)25(33)31-29-15-16-5-12-22(23(13-16)36-4-2)37-26(34)20-11-6-17(27)14-21(20)28/h5-15H,3-4H2,1-2H3,(H,30,32)(H,31,33). The number of nitrogens with one attached hydrogen (secondary N) is 2. The lowest BCUT2D eigenvalue weighted by molar-refractivity contribution is -0.136. The second kappa shape index (κ2) is 13.3. The molecule has 0 aliphatic rings. The Balaban J connectivity index is 1.62. The molecule has 9 nitrogen and oxygen atoms in total. The third-order valence-electron chi connectivity index (χ3n) is 4.63. The number of carbonyl (C=O) groups is 3. The minimum Gasteiger partial charge on any atom is -0.494 e. The van der Waals surface area contributed by atoms with Gasteiger partial charge in [-0.25, -0.2) is 10.2 Å². The van der Waals surface area contributed by atoms with Gasteiger partial charge in [-0.1, -0.05) is 23.2 Å². The van der Waals surface area contributed by atoms with Crippen molar-refractivity contribution >= 4 is 52.9 Å². The number of nitrogens with zero attached hydrogens (tertiary/aromatic N) is 1. The van der Waals surface area contributed by atoms with E-state index < -0.39 is 17.8 Å². The van der Waals surface area contributed by atoms with E-state index in [0.717, 1.165) is 0 Å².